The first-order valence-electron chi connectivity index (χ1n) is 9.08. The summed E-state index contributed by atoms with van der Waals surface area (Å²) in [5.74, 6) is 0.700. The molecule has 0 amide bonds. The molecule has 0 saturated carbocycles. The molecule has 0 aromatic heterocycles. The minimum Gasteiger partial charge on any atom is -0.492 e. The fourth-order valence-electron chi connectivity index (χ4n) is 2.56. The van der Waals surface area contributed by atoms with Crippen LogP contribution in [0.25, 0.3) is 0 Å². The molecule has 1 unspecified atom stereocenters. The molecule has 0 aliphatic heterocycles. The normalized spacial score (nSPS) is 13.0. The first-order valence-corrected chi connectivity index (χ1v) is 10.6. The van der Waals surface area contributed by atoms with Gasteiger partial charge in [0.2, 0.25) is 0 Å². The molecule has 24 heavy (non-hydrogen) atoms. The van der Waals surface area contributed by atoms with E-state index < -0.39 is 15.4 Å². The van der Waals surface area contributed by atoms with E-state index in [9.17, 15) is 8.42 Å². The Balaban J connectivity index is 2.79. The molecule has 0 spiro atoms. The van der Waals surface area contributed by atoms with Gasteiger partial charge in [0, 0.05) is 0 Å². The standard InChI is InChI=1S/C19H32O4S/c1-4-6-8-10-17-12-18(11-9-7-5-2)14-19(13-17)23-15-16(3)24(20,21)22/h12-14,16H,4-11,15H2,1-3H3,(H,20,21,22). The van der Waals surface area contributed by atoms with Crippen molar-refractivity contribution >= 4 is 10.1 Å². The number of aryl methyl sites for hydroxylation is 2. The number of hydrogen-bond donors (Lipinski definition) is 1. The Kier molecular flexibility index (Phi) is 9.37. The van der Waals surface area contributed by atoms with Gasteiger partial charge in [-0.25, -0.2) is 0 Å². The quantitative estimate of drug-likeness (QED) is 0.431. The SMILES string of the molecule is CCCCCc1cc(CCCCC)cc(OCC(C)S(=O)(=O)O)c1. The van der Waals surface area contributed by atoms with Crippen molar-refractivity contribution in [3.8, 4) is 5.75 Å². The Bertz CT molecular complexity index is 553. The van der Waals surface area contributed by atoms with E-state index >= 15 is 0 Å². The number of unbranched alkanes of at least 4 members (excludes halogenated alkanes) is 4. The summed E-state index contributed by atoms with van der Waals surface area (Å²) in [6.45, 7) is 5.78. The van der Waals surface area contributed by atoms with Crippen LogP contribution in [0, 0.1) is 0 Å². The lowest BCUT2D eigenvalue weighted by Gasteiger charge is -2.14. The largest absolute Gasteiger partial charge is 0.492 e. The second-order valence-electron chi connectivity index (χ2n) is 6.54. The lowest BCUT2D eigenvalue weighted by Crippen LogP contribution is -2.24. The molecule has 1 N–H and O–H groups in total. The van der Waals surface area contributed by atoms with Crippen molar-refractivity contribution in [2.45, 2.75) is 77.4 Å². The van der Waals surface area contributed by atoms with Crippen LogP contribution >= 0.6 is 0 Å². The Morgan fingerprint density at radius 1 is 0.958 bits per heavy atom. The fraction of sp³-hybridized carbons (Fsp3) is 0.684. The number of ether oxygens (including phenoxy) is 1. The van der Waals surface area contributed by atoms with Gasteiger partial charge in [0.25, 0.3) is 10.1 Å². The Morgan fingerprint density at radius 3 is 1.88 bits per heavy atom. The summed E-state index contributed by atoms with van der Waals surface area (Å²) in [4.78, 5) is 0. The summed E-state index contributed by atoms with van der Waals surface area (Å²) < 4.78 is 36.9. The first-order chi connectivity index (χ1) is 11.4. The van der Waals surface area contributed by atoms with Crippen LogP contribution in [0.1, 0.15) is 70.4 Å². The molecule has 0 saturated heterocycles. The molecule has 1 aromatic rings. The number of hydrogen-bond acceptors (Lipinski definition) is 3. The fourth-order valence-corrected chi connectivity index (χ4v) is 2.80. The van der Waals surface area contributed by atoms with Crippen LogP contribution < -0.4 is 4.74 Å². The second-order valence-corrected chi connectivity index (χ2v) is 8.37. The third-order valence-electron chi connectivity index (χ3n) is 4.16. The Labute approximate surface area is 147 Å². The van der Waals surface area contributed by atoms with E-state index in [0.29, 0.717) is 5.75 Å². The molecule has 0 heterocycles. The maximum absolute atomic E-state index is 11.1. The van der Waals surface area contributed by atoms with Crippen LogP contribution in [0.5, 0.6) is 5.75 Å². The highest BCUT2D eigenvalue weighted by Crippen LogP contribution is 2.21. The van der Waals surface area contributed by atoms with E-state index in [2.05, 4.69) is 19.9 Å². The first kappa shape index (κ1) is 21.0. The van der Waals surface area contributed by atoms with E-state index in [1.807, 2.05) is 12.1 Å². The van der Waals surface area contributed by atoms with Crippen LogP contribution in [0.4, 0.5) is 0 Å². The summed E-state index contributed by atoms with van der Waals surface area (Å²) in [6.07, 6.45) is 9.10. The highest BCUT2D eigenvalue weighted by Gasteiger charge is 2.18. The summed E-state index contributed by atoms with van der Waals surface area (Å²) in [5.41, 5.74) is 2.49. The third kappa shape index (κ3) is 8.15. The van der Waals surface area contributed by atoms with Crippen LogP contribution in [-0.4, -0.2) is 24.8 Å². The van der Waals surface area contributed by atoms with Crippen molar-refractivity contribution in [2.75, 3.05) is 6.61 Å². The van der Waals surface area contributed by atoms with Gasteiger partial charge in [-0.2, -0.15) is 8.42 Å². The highest BCUT2D eigenvalue weighted by atomic mass is 32.2. The Morgan fingerprint density at radius 2 is 1.46 bits per heavy atom. The molecule has 138 valence electrons. The monoisotopic (exact) mass is 356 g/mol. The van der Waals surface area contributed by atoms with Crippen LogP contribution in [-0.2, 0) is 23.0 Å². The maximum atomic E-state index is 11.1. The highest BCUT2D eigenvalue weighted by molar-refractivity contribution is 7.86. The lowest BCUT2D eigenvalue weighted by molar-refractivity contribution is 0.310. The zero-order chi connectivity index (χ0) is 18.0. The smallest absolute Gasteiger partial charge is 0.270 e. The van der Waals surface area contributed by atoms with Gasteiger partial charge in [0.05, 0.1) is 0 Å². The molecule has 0 fully saturated rings. The average molecular weight is 357 g/mol. The number of rotatable bonds is 12. The number of benzene rings is 1. The molecule has 0 radical (unpaired) electrons. The van der Waals surface area contributed by atoms with Crippen molar-refractivity contribution in [1.29, 1.82) is 0 Å². The van der Waals surface area contributed by atoms with Gasteiger partial charge >= 0.3 is 0 Å². The van der Waals surface area contributed by atoms with E-state index in [1.165, 1.54) is 43.7 Å². The maximum Gasteiger partial charge on any atom is 0.270 e. The van der Waals surface area contributed by atoms with Gasteiger partial charge < -0.3 is 4.74 Å². The molecule has 4 nitrogen and oxygen atoms in total. The van der Waals surface area contributed by atoms with Gasteiger partial charge in [0.15, 0.2) is 0 Å². The molecule has 0 aliphatic carbocycles. The molecule has 1 atom stereocenters. The van der Waals surface area contributed by atoms with E-state index in [0.717, 1.165) is 25.7 Å². The molecule has 1 rings (SSSR count). The molecular weight excluding hydrogens is 324 g/mol. The van der Waals surface area contributed by atoms with Gasteiger partial charge in [-0.3, -0.25) is 4.55 Å². The zero-order valence-corrected chi connectivity index (χ0v) is 16.1. The van der Waals surface area contributed by atoms with Crippen molar-refractivity contribution in [2.24, 2.45) is 0 Å². The molecule has 0 bridgehead atoms. The van der Waals surface area contributed by atoms with Gasteiger partial charge in [-0.1, -0.05) is 45.6 Å². The third-order valence-corrected chi connectivity index (χ3v) is 5.31. The summed E-state index contributed by atoms with van der Waals surface area (Å²) in [7, 11) is -4.05. The van der Waals surface area contributed by atoms with Crippen molar-refractivity contribution < 1.29 is 17.7 Å². The predicted octanol–water partition coefficient (Wildman–Crippen LogP) is 4.81. The minimum absolute atomic E-state index is 0.0361. The van der Waals surface area contributed by atoms with E-state index in [-0.39, 0.29) is 6.61 Å². The van der Waals surface area contributed by atoms with Crippen molar-refractivity contribution in [3.05, 3.63) is 29.3 Å². The van der Waals surface area contributed by atoms with Crippen LogP contribution in [0.3, 0.4) is 0 Å². The van der Waals surface area contributed by atoms with Gasteiger partial charge in [0.1, 0.15) is 17.6 Å². The molecule has 5 heteroatoms. The lowest BCUT2D eigenvalue weighted by atomic mass is 10.0. The van der Waals surface area contributed by atoms with Crippen LogP contribution in [0.15, 0.2) is 18.2 Å². The van der Waals surface area contributed by atoms with E-state index in [4.69, 9.17) is 9.29 Å². The van der Waals surface area contributed by atoms with Gasteiger partial charge in [-0.05, 0) is 55.9 Å². The molecule has 1 aromatic carbocycles. The molecular formula is C19H32O4S. The van der Waals surface area contributed by atoms with Gasteiger partial charge in [-0.15, -0.1) is 0 Å². The Hall–Kier alpha value is -1.07. The van der Waals surface area contributed by atoms with E-state index in [1.54, 1.807) is 0 Å². The van der Waals surface area contributed by atoms with Crippen molar-refractivity contribution in [3.63, 3.8) is 0 Å². The zero-order valence-electron chi connectivity index (χ0n) is 15.3. The topological polar surface area (TPSA) is 63.6 Å². The van der Waals surface area contributed by atoms with Crippen LogP contribution in [0.2, 0.25) is 0 Å². The minimum atomic E-state index is -4.05. The summed E-state index contributed by atoms with van der Waals surface area (Å²) in [6, 6.07) is 6.23. The second kappa shape index (κ2) is 10.7. The van der Waals surface area contributed by atoms with Crippen molar-refractivity contribution in [1.82, 2.24) is 0 Å². The average Bonchev–Trinajstić information content (AvgIpc) is 2.52. The molecule has 0 aliphatic rings. The summed E-state index contributed by atoms with van der Waals surface area (Å²) in [5, 5.41) is -0.926. The predicted molar refractivity (Wildman–Crippen MR) is 99.4 cm³/mol. The summed E-state index contributed by atoms with van der Waals surface area (Å²) >= 11 is 0.